The number of rotatable bonds is 2. The van der Waals surface area contributed by atoms with Crippen LogP contribution in [-0.2, 0) is 0 Å². The quantitative estimate of drug-likeness (QED) is 0.389. The van der Waals surface area contributed by atoms with Gasteiger partial charge in [-0.1, -0.05) is 27.8 Å². The minimum Gasteiger partial charge on any atom is -0.322 e. The van der Waals surface area contributed by atoms with Crippen LogP contribution in [0.1, 0.15) is 17.5 Å². The smallest absolute Gasteiger partial charge is 0.322 e. The predicted octanol–water partition coefficient (Wildman–Crippen LogP) is 1.73. The molecule has 6 heteroatoms. The summed E-state index contributed by atoms with van der Waals surface area (Å²) in [7, 11) is 0. The van der Waals surface area contributed by atoms with Gasteiger partial charge in [0, 0.05) is 23.5 Å². The van der Waals surface area contributed by atoms with Crippen molar-refractivity contribution in [3.05, 3.63) is 37.8 Å². The van der Waals surface area contributed by atoms with Crippen molar-refractivity contribution in [1.29, 1.82) is 0 Å². The maximum Gasteiger partial charge on any atom is 0.337 e. The highest BCUT2D eigenvalue weighted by Gasteiger charge is 2.18. The average Bonchev–Trinajstić information content (AvgIpc) is 2.21. The summed E-state index contributed by atoms with van der Waals surface area (Å²) < 4.78 is 0. The van der Waals surface area contributed by atoms with E-state index in [4.69, 9.17) is 0 Å². The van der Waals surface area contributed by atoms with Gasteiger partial charge in [-0.25, -0.2) is 0 Å². The van der Waals surface area contributed by atoms with Crippen molar-refractivity contribution in [3.63, 3.8) is 0 Å². The second-order valence-corrected chi connectivity index (χ2v) is 3.80. The Morgan fingerprint density at radius 3 is 2.88 bits per heavy atom. The van der Waals surface area contributed by atoms with Gasteiger partial charge in [-0.2, -0.15) is 0 Å². The summed E-state index contributed by atoms with van der Waals surface area (Å²) in [5.41, 5.74) is -0.359. The number of aromatic nitrogens is 1. The molecule has 0 saturated carbocycles. The van der Waals surface area contributed by atoms with E-state index in [0.29, 0.717) is 17.5 Å². The lowest BCUT2D eigenvalue weighted by molar-refractivity contribution is -0.386. The van der Waals surface area contributed by atoms with Crippen LogP contribution in [0.25, 0.3) is 0 Å². The predicted molar refractivity (Wildman–Crippen MR) is 63.7 cm³/mol. The molecule has 0 saturated heterocycles. The number of hydrogen-bond donors (Lipinski definition) is 1. The van der Waals surface area contributed by atoms with Gasteiger partial charge in [-0.3, -0.25) is 14.9 Å². The summed E-state index contributed by atoms with van der Waals surface area (Å²) in [5.74, 6) is 5.62. The number of pyridine rings is 1. The van der Waals surface area contributed by atoms with Crippen molar-refractivity contribution in [3.8, 4) is 11.8 Å². The molecule has 0 atom stereocenters. The highest BCUT2D eigenvalue weighted by molar-refractivity contribution is 9.09. The first-order valence-electron chi connectivity index (χ1n) is 4.49. The molecular formula is C10H9BrN2O3. The number of nitro groups is 1. The molecule has 0 aliphatic carbocycles. The Morgan fingerprint density at radius 1 is 1.62 bits per heavy atom. The first kappa shape index (κ1) is 12.5. The van der Waals surface area contributed by atoms with Crippen LogP contribution >= 0.6 is 15.9 Å². The summed E-state index contributed by atoms with van der Waals surface area (Å²) in [5, 5.41) is 11.4. The Hall–Kier alpha value is -1.61. The average molecular weight is 285 g/mol. The van der Waals surface area contributed by atoms with Crippen molar-refractivity contribution >= 4 is 21.6 Å². The van der Waals surface area contributed by atoms with E-state index in [0.717, 1.165) is 5.33 Å². The molecule has 1 aromatic rings. The van der Waals surface area contributed by atoms with Gasteiger partial charge in [0.25, 0.3) is 0 Å². The molecule has 0 aliphatic rings. The summed E-state index contributed by atoms with van der Waals surface area (Å²) in [6.45, 7) is 1.52. The molecule has 1 aromatic heterocycles. The molecule has 1 heterocycles. The molecule has 1 N–H and O–H groups in total. The number of nitrogens with one attached hydrogen (secondary N) is 1. The largest absolute Gasteiger partial charge is 0.337 e. The second kappa shape index (κ2) is 5.47. The first-order chi connectivity index (χ1) is 7.57. The number of hydrogen-bond acceptors (Lipinski definition) is 3. The van der Waals surface area contributed by atoms with Crippen LogP contribution < -0.4 is 5.56 Å². The molecule has 0 unspecified atom stereocenters. The van der Waals surface area contributed by atoms with E-state index >= 15 is 0 Å². The maximum atomic E-state index is 11.2. The molecule has 1 rings (SSSR count). The number of aromatic amines is 1. The molecular weight excluding hydrogens is 276 g/mol. The van der Waals surface area contributed by atoms with E-state index in [1.807, 2.05) is 0 Å². The van der Waals surface area contributed by atoms with Gasteiger partial charge < -0.3 is 4.98 Å². The second-order valence-electron chi connectivity index (χ2n) is 3.00. The molecule has 5 nitrogen and oxygen atoms in total. The third-order valence-corrected chi connectivity index (χ3v) is 2.34. The van der Waals surface area contributed by atoms with Gasteiger partial charge in [-0.05, 0) is 6.92 Å². The highest BCUT2D eigenvalue weighted by atomic mass is 79.9. The number of halogens is 1. The summed E-state index contributed by atoms with van der Waals surface area (Å²) >= 11 is 3.22. The lowest BCUT2D eigenvalue weighted by atomic mass is 10.1. The van der Waals surface area contributed by atoms with Crippen LogP contribution in [0.2, 0.25) is 0 Å². The van der Waals surface area contributed by atoms with Crippen LogP contribution in [0.5, 0.6) is 0 Å². The van der Waals surface area contributed by atoms with Crippen LogP contribution in [0.4, 0.5) is 5.69 Å². The fourth-order valence-corrected chi connectivity index (χ4v) is 1.37. The van der Waals surface area contributed by atoms with E-state index in [-0.39, 0.29) is 0 Å². The van der Waals surface area contributed by atoms with Gasteiger partial charge in [0.15, 0.2) is 0 Å². The minimum absolute atomic E-state index is 0.302. The molecule has 0 radical (unpaired) electrons. The standard InChI is InChI=1S/C10H9BrN2O3/c1-7-8(4-2-3-5-11)6-12-10(14)9(7)13(15)16/h6H,3,5H2,1H3,(H,12,14). The third kappa shape index (κ3) is 2.70. The van der Waals surface area contributed by atoms with E-state index in [1.54, 1.807) is 0 Å². The van der Waals surface area contributed by atoms with Crippen LogP contribution in [-0.4, -0.2) is 15.2 Å². The van der Waals surface area contributed by atoms with E-state index in [2.05, 4.69) is 32.8 Å². The molecule has 16 heavy (non-hydrogen) atoms. The van der Waals surface area contributed by atoms with E-state index in [1.165, 1.54) is 13.1 Å². The zero-order valence-corrected chi connectivity index (χ0v) is 10.1. The van der Waals surface area contributed by atoms with Crippen LogP contribution in [0.3, 0.4) is 0 Å². The van der Waals surface area contributed by atoms with Crippen molar-refractivity contribution in [2.24, 2.45) is 0 Å². The SMILES string of the molecule is Cc1c(C#CCCBr)c[nH]c(=O)c1[N+](=O)[O-]. The zero-order chi connectivity index (χ0) is 12.1. The van der Waals surface area contributed by atoms with Crippen LogP contribution in [0.15, 0.2) is 11.0 Å². The lowest BCUT2D eigenvalue weighted by Crippen LogP contribution is -2.13. The fourth-order valence-electron chi connectivity index (χ4n) is 1.17. The summed E-state index contributed by atoms with van der Waals surface area (Å²) in [6, 6.07) is 0. The zero-order valence-electron chi connectivity index (χ0n) is 8.54. The minimum atomic E-state index is -0.700. The number of alkyl halides is 1. The Morgan fingerprint density at radius 2 is 2.31 bits per heavy atom. The Labute approximate surface area is 100 Å². The third-order valence-electron chi connectivity index (χ3n) is 1.95. The molecule has 0 amide bonds. The Bertz CT molecular complexity index is 525. The highest BCUT2D eigenvalue weighted by Crippen LogP contribution is 2.14. The van der Waals surface area contributed by atoms with Crippen LogP contribution in [0, 0.1) is 28.9 Å². The maximum absolute atomic E-state index is 11.2. The van der Waals surface area contributed by atoms with E-state index in [9.17, 15) is 14.9 Å². The molecule has 84 valence electrons. The number of nitrogens with zero attached hydrogens (tertiary/aromatic N) is 1. The Kier molecular flexibility index (Phi) is 4.26. The topological polar surface area (TPSA) is 76.0 Å². The summed E-state index contributed by atoms with van der Waals surface area (Å²) in [6.07, 6.45) is 2.04. The van der Waals surface area contributed by atoms with E-state index < -0.39 is 16.2 Å². The van der Waals surface area contributed by atoms with Gasteiger partial charge in [-0.15, -0.1) is 0 Å². The normalized spacial score (nSPS) is 9.38. The van der Waals surface area contributed by atoms with Gasteiger partial charge in [0.2, 0.25) is 0 Å². The first-order valence-corrected chi connectivity index (χ1v) is 5.61. The van der Waals surface area contributed by atoms with Gasteiger partial charge in [0.1, 0.15) is 0 Å². The monoisotopic (exact) mass is 284 g/mol. The molecule has 0 fully saturated rings. The van der Waals surface area contributed by atoms with Crippen molar-refractivity contribution < 1.29 is 4.92 Å². The fraction of sp³-hybridized carbons (Fsp3) is 0.300. The molecule has 0 aromatic carbocycles. The van der Waals surface area contributed by atoms with Crippen molar-refractivity contribution in [2.45, 2.75) is 13.3 Å². The van der Waals surface area contributed by atoms with Crippen molar-refractivity contribution in [2.75, 3.05) is 5.33 Å². The molecule has 0 spiro atoms. The lowest BCUT2D eigenvalue weighted by Gasteiger charge is -1.98. The van der Waals surface area contributed by atoms with Gasteiger partial charge in [0.05, 0.1) is 10.5 Å². The summed E-state index contributed by atoms with van der Waals surface area (Å²) in [4.78, 5) is 23.5. The van der Waals surface area contributed by atoms with Crippen molar-refractivity contribution in [1.82, 2.24) is 4.98 Å². The molecule has 0 aliphatic heterocycles. The Balaban J connectivity index is 3.26. The molecule has 0 bridgehead atoms. The number of H-pyrrole nitrogens is 1. The van der Waals surface area contributed by atoms with Gasteiger partial charge >= 0.3 is 11.2 Å².